The Morgan fingerprint density at radius 3 is 2.80 bits per heavy atom. The predicted molar refractivity (Wildman–Crippen MR) is 90.0 cm³/mol. The number of aromatic nitrogens is 3. The molecule has 0 N–H and O–H groups in total. The monoisotopic (exact) mass is 337 g/mol. The Kier molecular flexibility index (Phi) is 5.17. The molecule has 1 aromatic carbocycles. The average molecular weight is 337 g/mol. The number of pyridine rings is 1. The van der Waals surface area contributed by atoms with Gasteiger partial charge in [-0.2, -0.15) is 4.98 Å². The van der Waals surface area contributed by atoms with Gasteiger partial charge < -0.3 is 9.26 Å². The third-order valence-corrected chi connectivity index (χ3v) is 3.55. The lowest BCUT2D eigenvalue weighted by atomic mass is 10.2. The van der Waals surface area contributed by atoms with Crippen molar-refractivity contribution < 1.29 is 13.7 Å². The van der Waals surface area contributed by atoms with Crippen molar-refractivity contribution in [3.8, 4) is 23.2 Å². The fourth-order valence-electron chi connectivity index (χ4n) is 2.23. The molecule has 126 valence electrons. The lowest BCUT2D eigenvalue weighted by Crippen LogP contribution is -1.99. The lowest BCUT2D eigenvalue weighted by Gasteiger charge is -2.05. The Balaban J connectivity index is 1.77. The van der Waals surface area contributed by atoms with Gasteiger partial charge in [0.1, 0.15) is 17.6 Å². The molecular formula is C19H16FN3O2. The summed E-state index contributed by atoms with van der Waals surface area (Å²) >= 11 is 0. The van der Waals surface area contributed by atoms with Crippen molar-refractivity contribution in [1.82, 2.24) is 15.1 Å². The van der Waals surface area contributed by atoms with Crippen LogP contribution in [0.5, 0.6) is 0 Å². The molecule has 6 heteroatoms. The molecule has 0 radical (unpaired) electrons. The first-order chi connectivity index (χ1) is 12.2. The van der Waals surface area contributed by atoms with Crippen molar-refractivity contribution in [2.45, 2.75) is 19.4 Å². The van der Waals surface area contributed by atoms with Crippen LogP contribution >= 0.6 is 0 Å². The minimum Gasteiger partial charge on any atom is -0.372 e. The van der Waals surface area contributed by atoms with E-state index in [1.165, 1.54) is 12.1 Å². The average Bonchev–Trinajstić information content (AvgIpc) is 3.11. The highest BCUT2D eigenvalue weighted by Gasteiger charge is 2.17. The van der Waals surface area contributed by atoms with E-state index >= 15 is 0 Å². The molecule has 0 amide bonds. The van der Waals surface area contributed by atoms with Crippen molar-refractivity contribution in [2.24, 2.45) is 0 Å². The van der Waals surface area contributed by atoms with Gasteiger partial charge in [0.25, 0.3) is 5.89 Å². The van der Waals surface area contributed by atoms with Gasteiger partial charge in [-0.25, -0.2) is 9.37 Å². The topological polar surface area (TPSA) is 61.0 Å². The number of rotatable bonds is 4. The number of nitrogens with zero attached hydrogens (tertiary/aromatic N) is 3. The van der Waals surface area contributed by atoms with Crippen molar-refractivity contribution in [2.75, 3.05) is 7.11 Å². The zero-order chi connectivity index (χ0) is 17.6. The predicted octanol–water partition coefficient (Wildman–Crippen LogP) is 3.77. The lowest BCUT2D eigenvalue weighted by molar-refractivity contribution is 0.0706. The molecule has 0 saturated carbocycles. The van der Waals surface area contributed by atoms with Gasteiger partial charge in [0, 0.05) is 24.4 Å². The summed E-state index contributed by atoms with van der Waals surface area (Å²) in [4.78, 5) is 8.60. The van der Waals surface area contributed by atoms with Gasteiger partial charge in [0.05, 0.1) is 0 Å². The molecule has 1 atom stereocenters. The zero-order valence-electron chi connectivity index (χ0n) is 13.9. The first-order valence-electron chi connectivity index (χ1n) is 7.80. The van der Waals surface area contributed by atoms with Crippen LogP contribution in [0, 0.1) is 17.7 Å². The van der Waals surface area contributed by atoms with Crippen molar-refractivity contribution in [3.63, 3.8) is 0 Å². The van der Waals surface area contributed by atoms with Gasteiger partial charge >= 0.3 is 0 Å². The van der Waals surface area contributed by atoms with Gasteiger partial charge in [0.15, 0.2) is 0 Å². The van der Waals surface area contributed by atoms with Crippen LogP contribution in [0.25, 0.3) is 11.4 Å². The normalized spacial score (nSPS) is 11.6. The highest BCUT2D eigenvalue weighted by atomic mass is 19.1. The van der Waals surface area contributed by atoms with E-state index in [-0.39, 0.29) is 11.9 Å². The minimum atomic E-state index is -0.315. The van der Waals surface area contributed by atoms with Crippen molar-refractivity contribution >= 4 is 0 Å². The molecule has 0 saturated heterocycles. The van der Waals surface area contributed by atoms with Crippen LogP contribution in [0.2, 0.25) is 0 Å². The van der Waals surface area contributed by atoms with Crippen LogP contribution in [0.4, 0.5) is 4.39 Å². The fraction of sp³-hybridized carbons (Fsp3) is 0.211. The van der Waals surface area contributed by atoms with Crippen LogP contribution in [-0.4, -0.2) is 22.2 Å². The largest absolute Gasteiger partial charge is 0.372 e. The molecule has 0 fully saturated rings. The number of benzene rings is 1. The van der Waals surface area contributed by atoms with E-state index in [2.05, 4.69) is 27.0 Å². The molecule has 2 heterocycles. The second kappa shape index (κ2) is 7.69. The van der Waals surface area contributed by atoms with Crippen LogP contribution in [0.1, 0.15) is 36.6 Å². The van der Waals surface area contributed by atoms with Crippen molar-refractivity contribution in [1.29, 1.82) is 0 Å². The number of halogens is 1. The standard InChI is InChI=1S/C19H16FN3O2/c1-3-17(24-2)19-22-18(23-25-19)14-8-10-16(21-12-14)9-7-13-5-4-6-15(20)11-13/h4-6,8,10-12,17H,3H2,1-2H3. The second-order valence-electron chi connectivity index (χ2n) is 5.28. The highest BCUT2D eigenvalue weighted by Crippen LogP contribution is 2.22. The summed E-state index contributed by atoms with van der Waals surface area (Å²) in [6.07, 6.45) is 2.15. The van der Waals surface area contributed by atoms with Crippen LogP contribution in [0.3, 0.4) is 0 Å². The van der Waals surface area contributed by atoms with Crippen molar-refractivity contribution in [3.05, 3.63) is 65.6 Å². The third-order valence-electron chi connectivity index (χ3n) is 3.55. The first-order valence-corrected chi connectivity index (χ1v) is 7.80. The summed E-state index contributed by atoms with van der Waals surface area (Å²) in [5.74, 6) is 6.34. The molecule has 3 rings (SSSR count). The SMILES string of the molecule is CCC(OC)c1nc(-c2ccc(C#Cc3cccc(F)c3)nc2)no1. The Bertz CT molecular complexity index is 906. The fourth-order valence-corrected chi connectivity index (χ4v) is 2.23. The van der Waals surface area contributed by atoms with Gasteiger partial charge in [-0.15, -0.1) is 0 Å². The van der Waals surface area contributed by atoms with E-state index in [1.54, 1.807) is 31.5 Å². The van der Waals surface area contributed by atoms with E-state index in [1.807, 2.05) is 13.0 Å². The van der Waals surface area contributed by atoms with Crippen LogP contribution < -0.4 is 0 Å². The molecule has 3 aromatic rings. The van der Waals surface area contributed by atoms with Gasteiger partial charge in [-0.1, -0.05) is 24.1 Å². The van der Waals surface area contributed by atoms with Gasteiger partial charge in [0.2, 0.25) is 5.82 Å². The summed E-state index contributed by atoms with van der Waals surface area (Å²) in [7, 11) is 1.60. The molecule has 0 bridgehead atoms. The number of ether oxygens (including phenoxy) is 1. The molecule has 1 unspecified atom stereocenters. The van der Waals surface area contributed by atoms with E-state index in [4.69, 9.17) is 9.26 Å². The van der Waals surface area contributed by atoms with E-state index in [9.17, 15) is 4.39 Å². The van der Waals surface area contributed by atoms with Crippen LogP contribution in [0.15, 0.2) is 47.1 Å². The maximum absolute atomic E-state index is 13.1. The summed E-state index contributed by atoms with van der Waals surface area (Å²) < 4.78 is 23.6. The van der Waals surface area contributed by atoms with E-state index in [0.717, 1.165) is 12.0 Å². The molecule has 0 aliphatic heterocycles. The summed E-state index contributed by atoms with van der Waals surface area (Å²) in [6.45, 7) is 1.98. The molecule has 5 nitrogen and oxygen atoms in total. The quantitative estimate of drug-likeness (QED) is 0.678. The van der Waals surface area contributed by atoms with Crippen LogP contribution in [-0.2, 0) is 4.74 Å². The maximum Gasteiger partial charge on any atom is 0.256 e. The maximum atomic E-state index is 13.1. The third kappa shape index (κ3) is 4.08. The highest BCUT2D eigenvalue weighted by molar-refractivity contribution is 5.54. The molecule has 25 heavy (non-hydrogen) atoms. The number of hydrogen-bond acceptors (Lipinski definition) is 5. The Labute approximate surface area is 144 Å². The first kappa shape index (κ1) is 16.8. The molecule has 0 aliphatic carbocycles. The van der Waals surface area contributed by atoms with Gasteiger partial charge in [-0.3, -0.25) is 0 Å². The molecule has 0 aliphatic rings. The number of methoxy groups -OCH3 is 1. The smallest absolute Gasteiger partial charge is 0.256 e. The summed E-state index contributed by atoms with van der Waals surface area (Å²) in [5.41, 5.74) is 1.89. The Morgan fingerprint density at radius 1 is 1.24 bits per heavy atom. The molecular weight excluding hydrogens is 321 g/mol. The van der Waals surface area contributed by atoms with Gasteiger partial charge in [-0.05, 0) is 42.7 Å². The van der Waals surface area contributed by atoms with E-state index in [0.29, 0.717) is 23.0 Å². The Morgan fingerprint density at radius 2 is 2.12 bits per heavy atom. The summed E-state index contributed by atoms with van der Waals surface area (Å²) in [5, 5.41) is 3.95. The second-order valence-corrected chi connectivity index (χ2v) is 5.28. The summed E-state index contributed by atoms with van der Waals surface area (Å²) in [6, 6.07) is 9.68. The zero-order valence-corrected chi connectivity index (χ0v) is 13.9. The molecule has 0 spiro atoms. The van der Waals surface area contributed by atoms with E-state index < -0.39 is 0 Å². The molecule has 2 aromatic heterocycles. The Hall–Kier alpha value is -3.04. The number of hydrogen-bond donors (Lipinski definition) is 0. The minimum absolute atomic E-state index is 0.217.